The zero-order valence-electron chi connectivity index (χ0n) is 25.2. The Morgan fingerprint density at radius 3 is 2.12 bits per heavy atom. The summed E-state index contributed by atoms with van der Waals surface area (Å²) in [7, 11) is 0. The van der Waals surface area contributed by atoms with E-state index in [0.29, 0.717) is 30.5 Å². The molecule has 0 bridgehead atoms. The molecule has 2 aliphatic heterocycles. The van der Waals surface area contributed by atoms with Crippen LogP contribution in [0.2, 0.25) is 0 Å². The predicted octanol–water partition coefficient (Wildman–Crippen LogP) is 1.04. The van der Waals surface area contributed by atoms with Crippen molar-refractivity contribution < 1.29 is 47.3 Å². The molecule has 0 spiro atoms. The highest BCUT2D eigenvalue weighted by atomic mass is 19.2. The SMILES string of the molecule is CC(C)C(=O)OC[C@@]1(F)O[C@@H](n2ccc(=O)n(COC(=O)C3CCNCC3)c2=O)[C@H](OC(=O)C(C)C)[C@@H]1OC(=O)C(C)C. The summed E-state index contributed by atoms with van der Waals surface area (Å²) in [5.41, 5.74) is -1.91. The summed E-state index contributed by atoms with van der Waals surface area (Å²) >= 11 is 0. The monoisotopic (exact) mass is 613 g/mol. The van der Waals surface area contributed by atoms with E-state index in [-0.39, 0.29) is 0 Å². The molecule has 3 heterocycles. The summed E-state index contributed by atoms with van der Waals surface area (Å²) < 4.78 is 44.8. The molecule has 1 N–H and O–H groups in total. The molecule has 14 nitrogen and oxygen atoms in total. The van der Waals surface area contributed by atoms with E-state index in [1.54, 1.807) is 0 Å². The summed E-state index contributed by atoms with van der Waals surface area (Å²) in [4.78, 5) is 76.2. The number of ether oxygens (including phenoxy) is 5. The molecule has 3 rings (SSSR count). The van der Waals surface area contributed by atoms with Gasteiger partial charge in [-0.05, 0) is 25.9 Å². The maximum absolute atomic E-state index is 16.6. The second-order valence-electron chi connectivity index (χ2n) is 11.5. The molecule has 240 valence electrons. The number of halogens is 1. The zero-order chi connectivity index (χ0) is 32.1. The van der Waals surface area contributed by atoms with Crippen molar-refractivity contribution in [1.29, 1.82) is 0 Å². The van der Waals surface area contributed by atoms with Crippen molar-refractivity contribution in [2.75, 3.05) is 19.7 Å². The lowest BCUT2D eigenvalue weighted by molar-refractivity contribution is -0.226. The summed E-state index contributed by atoms with van der Waals surface area (Å²) in [5, 5.41) is 3.12. The fraction of sp³-hybridized carbons (Fsp3) is 0.714. The van der Waals surface area contributed by atoms with Gasteiger partial charge >= 0.3 is 29.6 Å². The van der Waals surface area contributed by atoms with E-state index in [1.807, 2.05) is 0 Å². The molecule has 1 aromatic rings. The number of piperidine rings is 1. The molecule has 43 heavy (non-hydrogen) atoms. The number of nitrogens with one attached hydrogen (secondary N) is 1. The van der Waals surface area contributed by atoms with Gasteiger partial charge in [-0.15, -0.1) is 0 Å². The Kier molecular flexibility index (Phi) is 11.2. The number of aromatic nitrogens is 2. The molecular formula is C28H40FN3O11. The van der Waals surface area contributed by atoms with Gasteiger partial charge in [-0.1, -0.05) is 41.5 Å². The van der Waals surface area contributed by atoms with Crippen LogP contribution >= 0.6 is 0 Å². The number of hydrogen-bond acceptors (Lipinski definition) is 12. The lowest BCUT2D eigenvalue weighted by Gasteiger charge is -2.28. The van der Waals surface area contributed by atoms with Crippen molar-refractivity contribution in [1.82, 2.24) is 14.5 Å². The Balaban J connectivity index is 2.02. The molecule has 0 amide bonds. The number of hydrogen-bond donors (Lipinski definition) is 1. The van der Waals surface area contributed by atoms with Crippen molar-refractivity contribution >= 4 is 23.9 Å². The van der Waals surface area contributed by atoms with Gasteiger partial charge < -0.3 is 29.0 Å². The number of rotatable bonds is 11. The van der Waals surface area contributed by atoms with Crippen LogP contribution in [0.5, 0.6) is 0 Å². The first-order valence-electron chi connectivity index (χ1n) is 14.3. The Hall–Kier alpha value is -3.59. The first-order chi connectivity index (χ1) is 20.2. The average molecular weight is 614 g/mol. The number of nitrogens with zero attached hydrogens (tertiary/aromatic N) is 2. The average Bonchev–Trinajstić information content (AvgIpc) is 3.22. The highest BCUT2D eigenvalue weighted by Gasteiger charge is 2.62. The summed E-state index contributed by atoms with van der Waals surface area (Å²) in [5.74, 6) is -8.62. The van der Waals surface area contributed by atoms with E-state index in [9.17, 15) is 28.8 Å². The van der Waals surface area contributed by atoms with Crippen LogP contribution in [-0.4, -0.2) is 70.8 Å². The fourth-order valence-corrected chi connectivity index (χ4v) is 4.35. The van der Waals surface area contributed by atoms with E-state index in [1.165, 1.54) is 41.5 Å². The molecule has 0 saturated carbocycles. The van der Waals surface area contributed by atoms with Crippen LogP contribution in [0.25, 0.3) is 0 Å². The first kappa shape index (κ1) is 33.9. The number of carbonyl (C=O) groups is 4. The van der Waals surface area contributed by atoms with Gasteiger partial charge in [0.15, 0.2) is 25.7 Å². The molecule has 0 aromatic carbocycles. The normalized spacial score (nSPS) is 24.3. The number of carbonyl (C=O) groups excluding carboxylic acids is 4. The van der Waals surface area contributed by atoms with E-state index >= 15 is 4.39 Å². The maximum Gasteiger partial charge on any atom is 0.336 e. The third-order valence-electron chi connectivity index (χ3n) is 7.02. The Morgan fingerprint density at radius 2 is 1.53 bits per heavy atom. The molecular weight excluding hydrogens is 573 g/mol. The van der Waals surface area contributed by atoms with E-state index in [0.717, 1.165) is 16.8 Å². The van der Waals surface area contributed by atoms with Gasteiger partial charge in [-0.2, -0.15) is 0 Å². The second kappa shape index (κ2) is 14.3. The second-order valence-corrected chi connectivity index (χ2v) is 11.5. The van der Waals surface area contributed by atoms with Crippen LogP contribution in [0.1, 0.15) is 60.6 Å². The first-order valence-corrected chi connectivity index (χ1v) is 14.3. The lowest BCUT2D eigenvalue weighted by atomic mass is 9.99. The highest BCUT2D eigenvalue weighted by Crippen LogP contribution is 2.42. The van der Waals surface area contributed by atoms with Gasteiger partial charge in [0.05, 0.1) is 23.7 Å². The van der Waals surface area contributed by atoms with Crippen LogP contribution in [0.4, 0.5) is 4.39 Å². The minimum Gasteiger partial charge on any atom is -0.459 e. The number of alkyl halides is 1. The van der Waals surface area contributed by atoms with Crippen LogP contribution in [0.3, 0.4) is 0 Å². The quantitative estimate of drug-likeness (QED) is 0.278. The van der Waals surface area contributed by atoms with Crippen LogP contribution < -0.4 is 16.6 Å². The molecule has 15 heteroatoms. The Labute approximate surface area is 247 Å². The zero-order valence-corrected chi connectivity index (χ0v) is 25.2. The molecule has 2 saturated heterocycles. The molecule has 4 atom stereocenters. The molecule has 2 aliphatic rings. The van der Waals surface area contributed by atoms with E-state index < -0.39 is 96.4 Å². The fourth-order valence-electron chi connectivity index (χ4n) is 4.35. The van der Waals surface area contributed by atoms with Crippen molar-refractivity contribution in [3.8, 4) is 0 Å². The van der Waals surface area contributed by atoms with Crippen molar-refractivity contribution in [3.63, 3.8) is 0 Å². The Bertz CT molecular complexity index is 1300. The predicted molar refractivity (Wildman–Crippen MR) is 146 cm³/mol. The standard InChI is InChI=1S/C28H40FN3O11/c1-15(2)23(34)39-13-28(29)21(42-25(36)17(5)6)20(41-24(35)16(3)4)22(43-28)31-12-9-19(33)32(27(31)38)14-40-26(37)18-7-10-30-11-8-18/h9,12,15-18,20-22,30H,7-8,10-11,13-14H2,1-6H3/t20-,21+,22-,28-/m1/s1. The van der Waals surface area contributed by atoms with Crippen molar-refractivity contribution in [2.45, 2.75) is 85.4 Å². The lowest BCUT2D eigenvalue weighted by Crippen LogP contribution is -2.49. The van der Waals surface area contributed by atoms with Crippen LogP contribution in [0.15, 0.2) is 21.9 Å². The molecule has 0 unspecified atom stereocenters. The van der Waals surface area contributed by atoms with Crippen LogP contribution in [-0.2, 0) is 49.6 Å². The summed E-state index contributed by atoms with van der Waals surface area (Å²) in [6, 6.07) is 0.955. The van der Waals surface area contributed by atoms with Crippen molar-refractivity contribution in [2.24, 2.45) is 23.7 Å². The Morgan fingerprint density at radius 1 is 0.953 bits per heavy atom. The van der Waals surface area contributed by atoms with E-state index in [2.05, 4.69) is 5.32 Å². The smallest absolute Gasteiger partial charge is 0.336 e. The molecule has 0 radical (unpaired) electrons. The molecule has 0 aliphatic carbocycles. The summed E-state index contributed by atoms with van der Waals surface area (Å²) in [6.45, 7) is 8.50. The van der Waals surface area contributed by atoms with E-state index in [4.69, 9.17) is 23.7 Å². The van der Waals surface area contributed by atoms with Gasteiger partial charge in [0.2, 0.25) is 6.10 Å². The number of esters is 4. The van der Waals surface area contributed by atoms with Gasteiger partial charge in [-0.25, -0.2) is 13.8 Å². The third-order valence-corrected chi connectivity index (χ3v) is 7.02. The van der Waals surface area contributed by atoms with Crippen LogP contribution in [0, 0.1) is 23.7 Å². The highest BCUT2D eigenvalue weighted by molar-refractivity contribution is 5.73. The minimum absolute atomic E-state index is 0.405. The van der Waals surface area contributed by atoms with Gasteiger partial charge in [0, 0.05) is 12.3 Å². The maximum atomic E-state index is 16.6. The minimum atomic E-state index is -3.07. The van der Waals surface area contributed by atoms with Gasteiger partial charge in [-0.3, -0.25) is 28.5 Å². The topological polar surface area (TPSA) is 170 Å². The molecule has 1 aromatic heterocycles. The van der Waals surface area contributed by atoms with Crippen molar-refractivity contribution in [3.05, 3.63) is 33.1 Å². The molecule has 2 fully saturated rings. The third kappa shape index (κ3) is 8.07. The summed E-state index contributed by atoms with van der Waals surface area (Å²) in [6.07, 6.45) is -3.45. The van der Waals surface area contributed by atoms with Gasteiger partial charge in [0.25, 0.3) is 11.4 Å². The largest absolute Gasteiger partial charge is 0.459 e. The van der Waals surface area contributed by atoms with Gasteiger partial charge in [0.1, 0.15) is 0 Å².